The van der Waals surface area contributed by atoms with Gasteiger partial charge in [0, 0.05) is 94.6 Å². The van der Waals surface area contributed by atoms with E-state index in [1.807, 2.05) is 6.92 Å². The van der Waals surface area contributed by atoms with E-state index in [9.17, 15) is 46.7 Å². The van der Waals surface area contributed by atoms with Crippen molar-refractivity contribution >= 4 is 53.8 Å². The smallest absolute Gasteiger partial charge is 0.272 e. The molecule has 0 bridgehead atoms. The molecule has 1 aromatic heterocycles. The fourth-order valence-corrected chi connectivity index (χ4v) is 6.75. The fraction of sp³-hybridized carbons (Fsp3) is 0.326. The number of imide groups is 1. The Morgan fingerprint density at radius 2 is 1.59 bits per heavy atom. The first-order valence-electron chi connectivity index (χ1n) is 20.5. The standard InChI is InChI=1S/C25H29F2N4O5.C21H21FN4O3.Fm/c1-4-30(16-32)9-11-36-10-8-28-25(35)24-22(31(17(2)33)18(3)34)14-21(15-29-24)20-7-5-6-19(12-20)13-23(26)27;22-18-6-5-14(12-19(23)15-3-1-2-4-16(15)20(24)28)11-17(18)21(29)26-9-7-25(13-27)8-10-26;/h5-7,12,14-15,23H,4,8-11,13H2,1-3H3,(H,28,35);1-6,11,13,23H,7-10,12H2,(H2,24,28);/q-1;;. The Labute approximate surface area is 374 Å². The molecular formula is C46H50F3FmN8O8-. The van der Waals surface area contributed by atoms with Crippen LogP contribution >= 0.6 is 0 Å². The summed E-state index contributed by atoms with van der Waals surface area (Å²) < 4.78 is 45.4. The second-order valence-electron chi connectivity index (χ2n) is 14.6. The second kappa shape index (κ2) is 25.1. The monoisotopic (exact) mass is 1160 g/mol. The van der Waals surface area contributed by atoms with E-state index in [4.69, 9.17) is 15.9 Å². The normalized spacial score (nSPS) is 11.9. The number of primary amides is 1. The Morgan fingerprint density at radius 1 is 0.909 bits per heavy atom. The predicted molar refractivity (Wildman–Crippen MR) is 235 cm³/mol. The molecule has 1 aliphatic heterocycles. The van der Waals surface area contributed by atoms with Crippen LogP contribution in [0.2, 0.25) is 0 Å². The summed E-state index contributed by atoms with van der Waals surface area (Å²) in [4.78, 5) is 92.6. The van der Waals surface area contributed by atoms with Crippen molar-refractivity contribution in [2.45, 2.75) is 40.0 Å². The number of alkyl halides is 2. The Balaban J connectivity index is 0.000000352. The maximum absolute atomic E-state index is 14.3. The third-order valence-corrected chi connectivity index (χ3v) is 10.1. The maximum atomic E-state index is 14.3. The van der Waals surface area contributed by atoms with E-state index < -0.39 is 48.2 Å². The number of amides is 7. The number of piperazine rings is 1. The van der Waals surface area contributed by atoms with Crippen LogP contribution in [0.15, 0.2) is 79.0 Å². The summed E-state index contributed by atoms with van der Waals surface area (Å²) in [5.74, 6) is -3.57. The zero-order valence-corrected chi connectivity index (χ0v) is 38.8. The molecule has 7 amide bonds. The number of hydrogen-bond acceptors (Lipinski definition) is 10. The average molecular weight is 1160 g/mol. The SMILES string of the molecule is CCN([C-]=O)CCOCCNC(=O)c1ncc(-c2cccc(CC(F)F)c2)cc1N(C(C)=O)C(C)=O.N=C(Cc1ccc(F)c(C(=O)N2CCN(C=O)CC2)c1)c1ccccc1C(N)=O.[Fm]. The van der Waals surface area contributed by atoms with Crippen molar-refractivity contribution in [2.24, 2.45) is 5.73 Å². The number of aromatic nitrogens is 1. The number of likely N-dealkylation sites (N-methyl/N-ethyl adjacent to an activating group) is 1. The van der Waals surface area contributed by atoms with Crippen LogP contribution in [0.1, 0.15) is 68.7 Å². The molecule has 20 heteroatoms. The van der Waals surface area contributed by atoms with E-state index in [0.29, 0.717) is 67.1 Å². The van der Waals surface area contributed by atoms with Crippen molar-refractivity contribution in [3.05, 3.63) is 118 Å². The molecule has 66 heavy (non-hydrogen) atoms. The molecule has 1 aliphatic rings. The van der Waals surface area contributed by atoms with Crippen LogP contribution < -0.4 is 16.0 Å². The van der Waals surface area contributed by atoms with E-state index in [0.717, 1.165) is 11.3 Å². The molecule has 0 radical (unpaired) electrons. The minimum Gasteiger partial charge on any atom is -0.520 e. The van der Waals surface area contributed by atoms with Gasteiger partial charge < -0.3 is 40.7 Å². The molecule has 0 unspecified atom stereocenters. The minimum atomic E-state index is -2.51. The van der Waals surface area contributed by atoms with Crippen LogP contribution in [0.4, 0.5) is 18.9 Å². The van der Waals surface area contributed by atoms with E-state index >= 15 is 0 Å². The largest absolute Gasteiger partial charge is 0.520 e. The minimum absolute atomic E-state index is 0. The quantitative estimate of drug-likeness (QED) is 0.0406. The number of nitrogens with one attached hydrogen (secondary N) is 2. The Bertz CT molecular complexity index is 2370. The van der Waals surface area contributed by atoms with E-state index in [2.05, 4.69) is 10.3 Å². The van der Waals surface area contributed by atoms with Gasteiger partial charge in [0.05, 0.1) is 24.5 Å². The van der Waals surface area contributed by atoms with Crippen LogP contribution in [-0.4, -0.2) is 133 Å². The number of carbonyl (C=O) groups is 6. The van der Waals surface area contributed by atoms with Gasteiger partial charge in [0.1, 0.15) is 5.82 Å². The third kappa shape index (κ3) is 14.4. The van der Waals surface area contributed by atoms with Gasteiger partial charge in [0.2, 0.25) is 30.6 Å². The van der Waals surface area contributed by atoms with Gasteiger partial charge in [0.15, 0.2) is 5.69 Å². The van der Waals surface area contributed by atoms with E-state index in [-0.39, 0.29) is 54.4 Å². The molecule has 16 nitrogen and oxygen atoms in total. The molecule has 0 spiro atoms. The molecule has 1 fully saturated rings. The summed E-state index contributed by atoms with van der Waals surface area (Å²) in [5, 5.41) is 11.0. The number of hydrogen-bond donors (Lipinski definition) is 3. The topological polar surface area (TPSA) is 216 Å². The zero-order valence-electron chi connectivity index (χ0n) is 36.4. The van der Waals surface area contributed by atoms with Gasteiger partial charge in [-0.3, -0.25) is 28.8 Å². The van der Waals surface area contributed by atoms with Gasteiger partial charge in [-0.05, 0) is 47.5 Å². The van der Waals surface area contributed by atoms with Crippen LogP contribution in [0.5, 0.6) is 0 Å². The molecule has 356 valence electrons. The number of carbonyl (C=O) groups excluding carboxylic acids is 7. The number of ether oxygens (including phenoxy) is 1. The first kappa shape index (κ1) is 52.1. The molecule has 0 atom stereocenters. The number of nitrogens with two attached hydrogens (primary N) is 1. The summed E-state index contributed by atoms with van der Waals surface area (Å²) >= 11 is 0. The van der Waals surface area contributed by atoms with E-state index in [1.54, 1.807) is 59.8 Å². The van der Waals surface area contributed by atoms with Crippen molar-refractivity contribution < 1.29 is 51.5 Å². The number of halogens is 3. The zero-order chi connectivity index (χ0) is 47.6. The average Bonchev–Trinajstić information content (AvgIpc) is 3.29. The van der Waals surface area contributed by atoms with Gasteiger partial charge in [0.25, 0.3) is 11.8 Å². The number of benzene rings is 3. The van der Waals surface area contributed by atoms with Crippen molar-refractivity contribution in [3.8, 4) is 11.1 Å². The van der Waals surface area contributed by atoms with Gasteiger partial charge in [-0.25, -0.2) is 23.1 Å². The Hall–Kier alpha value is -8.28. The first-order chi connectivity index (χ1) is 31.1. The molecule has 5 rings (SSSR count). The molecule has 2 heterocycles. The van der Waals surface area contributed by atoms with E-state index in [1.165, 1.54) is 54.1 Å². The van der Waals surface area contributed by atoms with Gasteiger partial charge >= 0.3 is 0 Å². The predicted octanol–water partition coefficient (Wildman–Crippen LogP) is 4.04. The van der Waals surface area contributed by atoms with Gasteiger partial charge in [-0.2, -0.15) is 6.41 Å². The molecule has 4 aromatic rings. The molecular weight excluding hydrogens is 1110 g/mol. The van der Waals surface area contributed by atoms with Gasteiger partial charge in [-0.1, -0.05) is 55.5 Å². The maximum Gasteiger partial charge on any atom is 0.272 e. The number of nitrogens with zero attached hydrogens (tertiary/aromatic N) is 5. The van der Waals surface area contributed by atoms with Crippen molar-refractivity contribution in [1.82, 2.24) is 25.0 Å². The summed E-state index contributed by atoms with van der Waals surface area (Å²) in [6.07, 6.45) is 1.07. The number of pyridine rings is 1. The van der Waals surface area contributed by atoms with Gasteiger partial charge in [-0.15, -0.1) is 0 Å². The molecule has 4 N–H and O–H groups in total. The van der Waals surface area contributed by atoms with Crippen molar-refractivity contribution in [2.75, 3.05) is 63.9 Å². The second-order valence-corrected chi connectivity index (χ2v) is 14.6. The molecule has 1 saturated heterocycles. The van der Waals surface area contributed by atoms with Crippen molar-refractivity contribution in [1.29, 1.82) is 5.41 Å². The van der Waals surface area contributed by atoms with Crippen LogP contribution in [-0.2, 0) is 36.8 Å². The molecule has 3 aromatic carbocycles. The molecule has 0 saturated carbocycles. The summed E-state index contributed by atoms with van der Waals surface area (Å²) in [6, 6.07) is 18.6. The fourth-order valence-electron chi connectivity index (χ4n) is 6.75. The number of anilines is 1. The summed E-state index contributed by atoms with van der Waals surface area (Å²) in [7, 11) is 0. The Morgan fingerprint density at radius 3 is 2.20 bits per heavy atom. The van der Waals surface area contributed by atoms with Crippen LogP contribution in [0.3, 0.4) is 0 Å². The third-order valence-electron chi connectivity index (χ3n) is 10.1. The Kier molecular flexibility index (Phi) is 19.8. The van der Waals surface area contributed by atoms with Crippen LogP contribution in [0, 0.1) is 11.2 Å². The van der Waals surface area contributed by atoms with Crippen LogP contribution in [0.25, 0.3) is 11.1 Å². The number of rotatable bonds is 19. The summed E-state index contributed by atoms with van der Waals surface area (Å²) in [6.45, 7) is 7.09. The molecule has 0 aliphatic carbocycles. The summed E-state index contributed by atoms with van der Waals surface area (Å²) in [5.41, 5.74) is 7.89. The first-order valence-corrected chi connectivity index (χ1v) is 20.5. The van der Waals surface area contributed by atoms with Crippen molar-refractivity contribution in [3.63, 3.8) is 0 Å².